The molecular formula is C18H24F3N3O3. The Kier molecular flexibility index (Phi) is 7.06. The van der Waals surface area contributed by atoms with Gasteiger partial charge in [-0.15, -0.1) is 13.2 Å². The molecule has 0 aromatic heterocycles. The third-order valence-electron chi connectivity index (χ3n) is 4.20. The number of hydrogen-bond donors (Lipinski definition) is 1. The lowest BCUT2D eigenvalue weighted by Crippen LogP contribution is -2.45. The Morgan fingerprint density at radius 1 is 1.26 bits per heavy atom. The van der Waals surface area contributed by atoms with E-state index in [0.29, 0.717) is 11.6 Å². The molecular weight excluding hydrogens is 363 g/mol. The summed E-state index contributed by atoms with van der Waals surface area (Å²) >= 11 is 0. The standard InChI is InChI=1S/C18H24F3N3O3/c1-13-4-3-9-24(10-13)17(26)12-23(2)11-16(25)22-14-5-7-15(8-6-14)27-18(19,20)21/h5-8,13H,3-4,9-12H2,1-2H3,(H,22,25)/t13-/m1/s1. The van der Waals surface area contributed by atoms with Crippen molar-refractivity contribution in [2.24, 2.45) is 5.92 Å². The summed E-state index contributed by atoms with van der Waals surface area (Å²) in [5, 5.41) is 2.58. The fourth-order valence-electron chi connectivity index (χ4n) is 2.99. The Bertz CT molecular complexity index is 649. The molecule has 0 spiro atoms. The van der Waals surface area contributed by atoms with Gasteiger partial charge in [0.05, 0.1) is 13.1 Å². The summed E-state index contributed by atoms with van der Waals surface area (Å²) in [5.74, 6) is -0.244. The molecule has 6 nitrogen and oxygen atoms in total. The number of rotatable bonds is 6. The van der Waals surface area contributed by atoms with Gasteiger partial charge in [0.1, 0.15) is 5.75 Å². The molecule has 1 fully saturated rings. The number of nitrogens with zero attached hydrogens (tertiary/aromatic N) is 2. The number of alkyl halides is 3. The van der Waals surface area contributed by atoms with E-state index in [0.717, 1.165) is 38.1 Å². The molecule has 0 bridgehead atoms. The highest BCUT2D eigenvalue weighted by atomic mass is 19.4. The third-order valence-corrected chi connectivity index (χ3v) is 4.20. The first-order valence-corrected chi connectivity index (χ1v) is 8.74. The molecule has 1 heterocycles. The lowest BCUT2D eigenvalue weighted by atomic mass is 10.0. The number of piperidine rings is 1. The van der Waals surface area contributed by atoms with Gasteiger partial charge in [0.25, 0.3) is 0 Å². The summed E-state index contributed by atoms with van der Waals surface area (Å²) in [6.45, 7) is 3.73. The van der Waals surface area contributed by atoms with Gasteiger partial charge in [-0.2, -0.15) is 0 Å². The zero-order chi connectivity index (χ0) is 20.0. The number of likely N-dealkylation sites (tertiary alicyclic amines) is 1. The maximum atomic E-state index is 12.3. The molecule has 1 aliphatic rings. The predicted octanol–water partition coefficient (Wildman–Crippen LogP) is 2.71. The molecule has 1 N–H and O–H groups in total. The highest BCUT2D eigenvalue weighted by Crippen LogP contribution is 2.24. The fraction of sp³-hybridized carbons (Fsp3) is 0.556. The van der Waals surface area contributed by atoms with E-state index >= 15 is 0 Å². The summed E-state index contributed by atoms with van der Waals surface area (Å²) in [5.41, 5.74) is 0.346. The van der Waals surface area contributed by atoms with Crippen molar-refractivity contribution in [3.05, 3.63) is 24.3 Å². The lowest BCUT2D eigenvalue weighted by molar-refractivity contribution is -0.274. The Morgan fingerprint density at radius 3 is 2.52 bits per heavy atom. The molecule has 1 aromatic rings. The van der Waals surface area contributed by atoms with Gasteiger partial charge in [-0.05, 0) is 50.1 Å². The van der Waals surface area contributed by atoms with Gasteiger partial charge in [-0.25, -0.2) is 0 Å². The fourth-order valence-corrected chi connectivity index (χ4v) is 2.99. The lowest BCUT2D eigenvalue weighted by Gasteiger charge is -2.32. The van der Waals surface area contributed by atoms with Crippen molar-refractivity contribution in [1.29, 1.82) is 0 Å². The summed E-state index contributed by atoms with van der Waals surface area (Å²) < 4.78 is 40.2. The van der Waals surface area contributed by atoms with Crippen LogP contribution in [0.2, 0.25) is 0 Å². The SMILES string of the molecule is C[C@@H]1CCCN(C(=O)CN(C)CC(=O)Nc2ccc(OC(F)(F)F)cc2)C1. The van der Waals surface area contributed by atoms with Crippen molar-refractivity contribution < 1.29 is 27.5 Å². The molecule has 9 heteroatoms. The molecule has 1 atom stereocenters. The molecule has 0 radical (unpaired) electrons. The van der Waals surface area contributed by atoms with Crippen LogP contribution in [0, 0.1) is 5.92 Å². The van der Waals surface area contributed by atoms with Gasteiger partial charge in [-0.3, -0.25) is 14.5 Å². The minimum Gasteiger partial charge on any atom is -0.406 e. The van der Waals surface area contributed by atoms with E-state index in [1.165, 1.54) is 12.1 Å². The van der Waals surface area contributed by atoms with Crippen molar-refractivity contribution in [1.82, 2.24) is 9.80 Å². The zero-order valence-corrected chi connectivity index (χ0v) is 15.4. The number of hydrogen-bond acceptors (Lipinski definition) is 4. The van der Waals surface area contributed by atoms with Crippen LogP contribution in [-0.4, -0.2) is 61.2 Å². The number of carbonyl (C=O) groups is 2. The number of nitrogens with one attached hydrogen (secondary N) is 1. The second-order valence-corrected chi connectivity index (χ2v) is 6.88. The molecule has 27 heavy (non-hydrogen) atoms. The Morgan fingerprint density at radius 2 is 1.93 bits per heavy atom. The number of benzene rings is 1. The van der Waals surface area contributed by atoms with Gasteiger partial charge in [0, 0.05) is 18.8 Å². The smallest absolute Gasteiger partial charge is 0.406 e. The van der Waals surface area contributed by atoms with E-state index < -0.39 is 6.36 Å². The van der Waals surface area contributed by atoms with Crippen molar-refractivity contribution in [2.45, 2.75) is 26.1 Å². The van der Waals surface area contributed by atoms with E-state index in [1.54, 1.807) is 11.9 Å². The van der Waals surface area contributed by atoms with Crippen molar-refractivity contribution >= 4 is 17.5 Å². The average molecular weight is 387 g/mol. The molecule has 1 saturated heterocycles. The van der Waals surface area contributed by atoms with Crippen molar-refractivity contribution in [3.8, 4) is 5.75 Å². The largest absolute Gasteiger partial charge is 0.573 e. The molecule has 150 valence electrons. The number of anilines is 1. The summed E-state index contributed by atoms with van der Waals surface area (Å²) in [4.78, 5) is 27.8. The molecule has 0 aliphatic carbocycles. The number of halogens is 3. The quantitative estimate of drug-likeness (QED) is 0.815. The maximum Gasteiger partial charge on any atom is 0.573 e. The Balaban J connectivity index is 1.78. The van der Waals surface area contributed by atoms with Crippen LogP contribution in [0.5, 0.6) is 5.75 Å². The van der Waals surface area contributed by atoms with Crippen LogP contribution in [0.3, 0.4) is 0 Å². The summed E-state index contributed by atoms with van der Waals surface area (Å²) in [6, 6.07) is 4.88. The van der Waals surface area contributed by atoms with Gasteiger partial charge in [0.15, 0.2) is 0 Å². The monoisotopic (exact) mass is 387 g/mol. The van der Waals surface area contributed by atoms with Gasteiger partial charge in [-0.1, -0.05) is 6.92 Å². The Hall–Kier alpha value is -2.29. The van der Waals surface area contributed by atoms with E-state index in [4.69, 9.17) is 0 Å². The molecule has 1 aliphatic heterocycles. The van der Waals surface area contributed by atoms with E-state index in [9.17, 15) is 22.8 Å². The maximum absolute atomic E-state index is 12.3. The van der Waals surface area contributed by atoms with Gasteiger partial charge >= 0.3 is 6.36 Å². The highest BCUT2D eigenvalue weighted by molar-refractivity contribution is 5.92. The first kappa shape index (κ1) is 21.0. The van der Waals surface area contributed by atoms with Crippen LogP contribution in [0.1, 0.15) is 19.8 Å². The minimum absolute atomic E-state index is 0.00403. The topological polar surface area (TPSA) is 61.9 Å². The van der Waals surface area contributed by atoms with Crippen LogP contribution in [-0.2, 0) is 9.59 Å². The van der Waals surface area contributed by atoms with Crippen LogP contribution >= 0.6 is 0 Å². The van der Waals surface area contributed by atoms with Crippen LogP contribution in [0.4, 0.5) is 18.9 Å². The Labute approximate surface area is 156 Å². The normalized spacial score (nSPS) is 17.7. The minimum atomic E-state index is -4.76. The number of likely N-dealkylation sites (N-methyl/N-ethyl adjacent to an activating group) is 1. The van der Waals surface area contributed by atoms with Gasteiger partial charge in [0.2, 0.25) is 11.8 Å². The second-order valence-electron chi connectivity index (χ2n) is 6.88. The third kappa shape index (κ3) is 7.46. The number of carbonyl (C=O) groups excluding carboxylic acids is 2. The molecule has 0 unspecified atom stereocenters. The van der Waals surface area contributed by atoms with E-state index in [1.807, 2.05) is 4.90 Å². The first-order chi connectivity index (χ1) is 12.6. The molecule has 2 amide bonds. The second kappa shape index (κ2) is 9.07. The predicted molar refractivity (Wildman–Crippen MR) is 94.2 cm³/mol. The van der Waals surface area contributed by atoms with Crippen LogP contribution in [0.15, 0.2) is 24.3 Å². The van der Waals surface area contributed by atoms with Gasteiger partial charge < -0.3 is 15.0 Å². The molecule has 2 rings (SSSR count). The van der Waals surface area contributed by atoms with Crippen molar-refractivity contribution in [3.63, 3.8) is 0 Å². The number of amides is 2. The van der Waals surface area contributed by atoms with E-state index in [2.05, 4.69) is 17.0 Å². The average Bonchev–Trinajstić information content (AvgIpc) is 2.55. The van der Waals surface area contributed by atoms with E-state index in [-0.39, 0.29) is 30.7 Å². The summed E-state index contributed by atoms with van der Waals surface area (Å²) in [7, 11) is 1.67. The molecule has 1 aromatic carbocycles. The van der Waals surface area contributed by atoms with Crippen LogP contribution in [0.25, 0.3) is 0 Å². The molecule has 0 saturated carbocycles. The highest BCUT2D eigenvalue weighted by Gasteiger charge is 2.31. The van der Waals surface area contributed by atoms with Crippen molar-refractivity contribution in [2.75, 3.05) is 38.5 Å². The first-order valence-electron chi connectivity index (χ1n) is 8.74. The van der Waals surface area contributed by atoms with Crippen LogP contribution < -0.4 is 10.1 Å². The number of ether oxygens (including phenoxy) is 1. The zero-order valence-electron chi connectivity index (χ0n) is 15.4. The summed E-state index contributed by atoms with van der Waals surface area (Å²) in [6.07, 6.45) is -2.65.